The first-order valence-corrected chi connectivity index (χ1v) is 7.03. The van der Waals surface area contributed by atoms with Gasteiger partial charge in [0, 0.05) is 10.7 Å². The number of para-hydroxylation sites is 1. The number of rotatable bonds is 6. The van der Waals surface area contributed by atoms with Crippen LogP contribution in [0.3, 0.4) is 0 Å². The van der Waals surface area contributed by atoms with Crippen molar-refractivity contribution in [3.8, 4) is 5.75 Å². The molecular weight excluding hydrogens is 288 g/mol. The van der Waals surface area contributed by atoms with Crippen LogP contribution in [0.2, 0.25) is 5.02 Å². The summed E-state index contributed by atoms with van der Waals surface area (Å²) in [6.45, 7) is 0.488. The summed E-state index contributed by atoms with van der Waals surface area (Å²) in [5.74, 6) is 0.467. The summed E-state index contributed by atoms with van der Waals surface area (Å²) in [4.78, 5) is 11.8. The van der Waals surface area contributed by atoms with Gasteiger partial charge in [-0.05, 0) is 48.9 Å². The van der Waals surface area contributed by atoms with Crippen molar-refractivity contribution in [3.05, 3.63) is 59.1 Å². The lowest BCUT2D eigenvalue weighted by molar-refractivity contribution is -0.118. The molecule has 0 saturated carbocycles. The Hall–Kier alpha value is -2.04. The first-order chi connectivity index (χ1) is 10.2. The van der Waals surface area contributed by atoms with Gasteiger partial charge in [0.2, 0.25) is 0 Å². The largest absolute Gasteiger partial charge is 0.483 e. The number of carbonyl (C=O) groups excluding carboxylic acids is 1. The molecule has 2 aromatic rings. The minimum atomic E-state index is -0.222. The number of benzene rings is 2. The van der Waals surface area contributed by atoms with Crippen LogP contribution >= 0.6 is 11.6 Å². The van der Waals surface area contributed by atoms with Crippen molar-refractivity contribution in [1.29, 1.82) is 0 Å². The van der Waals surface area contributed by atoms with Crippen LogP contribution in [-0.4, -0.2) is 19.1 Å². The first kappa shape index (κ1) is 15.4. The molecule has 5 heteroatoms. The van der Waals surface area contributed by atoms with Crippen LogP contribution in [0.4, 0.5) is 5.69 Å². The number of amides is 1. The number of nitrogens with one attached hydrogen (secondary N) is 1. The molecule has 110 valence electrons. The summed E-state index contributed by atoms with van der Waals surface area (Å²) in [5, 5.41) is 3.37. The molecule has 1 amide bonds. The van der Waals surface area contributed by atoms with E-state index in [9.17, 15) is 4.79 Å². The molecule has 0 saturated heterocycles. The molecule has 0 spiro atoms. The Morgan fingerprint density at radius 1 is 1.14 bits per heavy atom. The molecule has 0 aliphatic carbocycles. The number of ether oxygens (including phenoxy) is 1. The predicted molar refractivity (Wildman–Crippen MR) is 84.8 cm³/mol. The number of halogens is 1. The van der Waals surface area contributed by atoms with E-state index in [4.69, 9.17) is 22.1 Å². The van der Waals surface area contributed by atoms with E-state index >= 15 is 0 Å². The number of carbonyl (C=O) groups is 1. The smallest absolute Gasteiger partial charge is 0.262 e. The second kappa shape index (κ2) is 7.67. The predicted octanol–water partition coefficient (Wildman–Crippen LogP) is 2.86. The lowest BCUT2D eigenvalue weighted by Gasteiger charge is -2.11. The molecule has 2 aromatic carbocycles. The fraction of sp³-hybridized carbons (Fsp3) is 0.188. The van der Waals surface area contributed by atoms with Gasteiger partial charge in [-0.1, -0.05) is 29.8 Å². The third-order valence-corrected chi connectivity index (χ3v) is 3.13. The van der Waals surface area contributed by atoms with Crippen molar-refractivity contribution in [2.45, 2.75) is 6.42 Å². The van der Waals surface area contributed by atoms with Crippen molar-refractivity contribution >= 4 is 23.2 Å². The molecule has 4 nitrogen and oxygen atoms in total. The normalized spacial score (nSPS) is 10.2. The van der Waals surface area contributed by atoms with E-state index in [2.05, 4.69) is 5.32 Å². The Balaban J connectivity index is 1.90. The molecular formula is C16H17ClN2O2. The lowest BCUT2D eigenvalue weighted by Crippen LogP contribution is -2.20. The average molecular weight is 305 g/mol. The van der Waals surface area contributed by atoms with E-state index in [0.29, 0.717) is 23.0 Å². The summed E-state index contributed by atoms with van der Waals surface area (Å²) < 4.78 is 5.55. The summed E-state index contributed by atoms with van der Waals surface area (Å²) >= 11 is 5.79. The molecule has 0 bridgehead atoms. The number of nitrogens with two attached hydrogens (primary N) is 1. The Kier molecular flexibility index (Phi) is 5.60. The topological polar surface area (TPSA) is 64.3 Å². The maximum Gasteiger partial charge on any atom is 0.262 e. The van der Waals surface area contributed by atoms with E-state index in [1.165, 1.54) is 0 Å². The molecule has 0 atom stereocenters. The first-order valence-electron chi connectivity index (χ1n) is 6.65. The Bertz CT molecular complexity index is 599. The third-order valence-electron chi connectivity index (χ3n) is 2.87. The van der Waals surface area contributed by atoms with Gasteiger partial charge in [-0.15, -0.1) is 0 Å². The van der Waals surface area contributed by atoms with Crippen molar-refractivity contribution < 1.29 is 9.53 Å². The van der Waals surface area contributed by atoms with Crippen molar-refractivity contribution in [2.75, 3.05) is 18.5 Å². The fourth-order valence-corrected chi connectivity index (χ4v) is 2.01. The SMILES string of the molecule is NCCc1ccccc1OCC(=O)Nc1ccc(Cl)cc1. The van der Waals surface area contributed by atoms with Gasteiger partial charge in [-0.25, -0.2) is 0 Å². The standard InChI is InChI=1S/C16H17ClN2O2/c17-13-5-7-14(8-6-13)19-16(20)11-21-15-4-2-1-3-12(15)9-10-18/h1-8H,9-11,18H2,(H,19,20). The molecule has 2 rings (SSSR count). The monoisotopic (exact) mass is 304 g/mol. The van der Waals surface area contributed by atoms with Gasteiger partial charge in [-0.3, -0.25) is 4.79 Å². The van der Waals surface area contributed by atoms with E-state index in [1.54, 1.807) is 24.3 Å². The van der Waals surface area contributed by atoms with Crippen molar-refractivity contribution in [1.82, 2.24) is 0 Å². The Morgan fingerprint density at radius 2 is 1.86 bits per heavy atom. The summed E-state index contributed by atoms with van der Waals surface area (Å²) in [6.07, 6.45) is 0.717. The molecule has 0 aliphatic rings. The van der Waals surface area contributed by atoms with Gasteiger partial charge >= 0.3 is 0 Å². The molecule has 0 fully saturated rings. The second-order valence-corrected chi connectivity index (χ2v) is 4.93. The number of anilines is 1. The summed E-state index contributed by atoms with van der Waals surface area (Å²) in [5.41, 5.74) is 7.24. The zero-order valence-corrected chi connectivity index (χ0v) is 12.3. The van der Waals surface area contributed by atoms with Crippen LogP contribution in [0.1, 0.15) is 5.56 Å². The van der Waals surface area contributed by atoms with Crippen LogP contribution in [0.25, 0.3) is 0 Å². The highest BCUT2D eigenvalue weighted by molar-refractivity contribution is 6.30. The average Bonchev–Trinajstić information content (AvgIpc) is 2.49. The van der Waals surface area contributed by atoms with Gasteiger partial charge in [0.05, 0.1) is 0 Å². The van der Waals surface area contributed by atoms with E-state index in [1.807, 2.05) is 24.3 Å². The van der Waals surface area contributed by atoms with Crippen LogP contribution in [-0.2, 0) is 11.2 Å². The van der Waals surface area contributed by atoms with Gasteiger partial charge in [-0.2, -0.15) is 0 Å². The second-order valence-electron chi connectivity index (χ2n) is 4.49. The lowest BCUT2D eigenvalue weighted by atomic mass is 10.1. The highest BCUT2D eigenvalue weighted by Gasteiger charge is 2.06. The molecule has 3 N–H and O–H groups in total. The third kappa shape index (κ3) is 4.77. The summed E-state index contributed by atoms with van der Waals surface area (Å²) in [6, 6.07) is 14.5. The zero-order chi connectivity index (χ0) is 15.1. The Morgan fingerprint density at radius 3 is 2.57 bits per heavy atom. The molecule has 0 radical (unpaired) electrons. The zero-order valence-electron chi connectivity index (χ0n) is 11.5. The van der Waals surface area contributed by atoms with Gasteiger partial charge in [0.1, 0.15) is 5.75 Å². The quantitative estimate of drug-likeness (QED) is 0.862. The molecule has 0 aliphatic heterocycles. The molecule has 0 unspecified atom stereocenters. The Labute approximate surface area is 128 Å². The van der Waals surface area contributed by atoms with E-state index < -0.39 is 0 Å². The van der Waals surface area contributed by atoms with Crippen LogP contribution in [0, 0.1) is 0 Å². The molecule has 21 heavy (non-hydrogen) atoms. The van der Waals surface area contributed by atoms with Crippen LogP contribution in [0.5, 0.6) is 5.75 Å². The molecule has 0 heterocycles. The van der Waals surface area contributed by atoms with Crippen molar-refractivity contribution in [3.63, 3.8) is 0 Å². The van der Waals surface area contributed by atoms with Crippen LogP contribution < -0.4 is 15.8 Å². The maximum atomic E-state index is 11.8. The molecule has 0 aromatic heterocycles. The number of hydrogen-bond donors (Lipinski definition) is 2. The van der Waals surface area contributed by atoms with Gasteiger partial charge in [0.25, 0.3) is 5.91 Å². The maximum absolute atomic E-state index is 11.8. The van der Waals surface area contributed by atoms with Gasteiger partial charge in [0.15, 0.2) is 6.61 Å². The fourth-order valence-electron chi connectivity index (χ4n) is 1.88. The number of hydrogen-bond acceptors (Lipinski definition) is 3. The minimum Gasteiger partial charge on any atom is -0.483 e. The highest BCUT2D eigenvalue weighted by Crippen LogP contribution is 2.18. The van der Waals surface area contributed by atoms with Crippen molar-refractivity contribution in [2.24, 2.45) is 5.73 Å². The van der Waals surface area contributed by atoms with Gasteiger partial charge < -0.3 is 15.8 Å². The van der Waals surface area contributed by atoms with E-state index in [-0.39, 0.29) is 12.5 Å². The van der Waals surface area contributed by atoms with E-state index in [0.717, 1.165) is 12.0 Å². The summed E-state index contributed by atoms with van der Waals surface area (Å²) in [7, 11) is 0. The highest BCUT2D eigenvalue weighted by atomic mass is 35.5. The van der Waals surface area contributed by atoms with Crippen LogP contribution in [0.15, 0.2) is 48.5 Å². The minimum absolute atomic E-state index is 0.0514.